The summed E-state index contributed by atoms with van der Waals surface area (Å²) in [6, 6.07) is 10.2. The second-order valence-corrected chi connectivity index (χ2v) is 5.74. The van der Waals surface area contributed by atoms with Crippen molar-refractivity contribution >= 4 is 16.6 Å². The van der Waals surface area contributed by atoms with Gasteiger partial charge in [-0.2, -0.15) is 5.26 Å². The molecule has 1 fully saturated rings. The third-order valence-corrected chi connectivity index (χ3v) is 4.32. The molecule has 1 N–H and O–H groups in total. The van der Waals surface area contributed by atoms with Crippen LogP contribution in [-0.2, 0) is 0 Å². The van der Waals surface area contributed by atoms with Gasteiger partial charge in [0.15, 0.2) is 0 Å². The second-order valence-electron chi connectivity index (χ2n) is 5.74. The molecular weight excluding hydrogens is 262 g/mol. The average molecular weight is 281 g/mol. The minimum atomic E-state index is -0.313. The highest BCUT2D eigenvalue weighted by molar-refractivity contribution is 5.94. The van der Waals surface area contributed by atoms with Gasteiger partial charge in [0.1, 0.15) is 6.07 Å². The van der Waals surface area contributed by atoms with E-state index in [4.69, 9.17) is 0 Å². The van der Waals surface area contributed by atoms with Gasteiger partial charge in [0, 0.05) is 30.6 Å². The molecule has 0 amide bonds. The molecule has 2 aromatic rings. The van der Waals surface area contributed by atoms with Crippen LogP contribution in [0.5, 0.6) is 0 Å². The molecule has 1 aromatic heterocycles. The van der Waals surface area contributed by atoms with Crippen molar-refractivity contribution in [3.8, 4) is 6.07 Å². The van der Waals surface area contributed by atoms with Crippen LogP contribution < -0.4 is 4.90 Å². The zero-order chi connectivity index (χ0) is 14.8. The Morgan fingerprint density at radius 3 is 3.00 bits per heavy atom. The summed E-state index contributed by atoms with van der Waals surface area (Å²) >= 11 is 0. The fourth-order valence-corrected chi connectivity index (χ4v) is 3.16. The second kappa shape index (κ2) is 5.71. The predicted octanol–water partition coefficient (Wildman–Crippen LogP) is 2.70. The topological polar surface area (TPSA) is 60.1 Å². The zero-order valence-electron chi connectivity index (χ0n) is 12.2. The highest BCUT2D eigenvalue weighted by Crippen LogP contribution is 2.33. The largest absolute Gasteiger partial charge is 0.393 e. The molecule has 4 nitrogen and oxygen atoms in total. The van der Waals surface area contributed by atoms with E-state index in [2.05, 4.69) is 16.0 Å². The Morgan fingerprint density at radius 1 is 1.43 bits per heavy atom. The number of anilines is 1. The van der Waals surface area contributed by atoms with Gasteiger partial charge >= 0.3 is 0 Å². The Balaban J connectivity index is 2.08. The smallest absolute Gasteiger partial charge is 0.103 e. The molecule has 2 heterocycles. The number of aromatic nitrogens is 1. The van der Waals surface area contributed by atoms with Crippen LogP contribution in [0.4, 0.5) is 5.69 Å². The molecule has 1 aromatic carbocycles. The van der Waals surface area contributed by atoms with Gasteiger partial charge in [-0.25, -0.2) is 0 Å². The molecule has 108 valence electrons. The van der Waals surface area contributed by atoms with Crippen molar-refractivity contribution in [2.24, 2.45) is 5.92 Å². The Labute approximate surface area is 124 Å². The summed E-state index contributed by atoms with van der Waals surface area (Å²) in [6.45, 7) is 3.57. The number of benzene rings is 1. The first kappa shape index (κ1) is 13.8. The molecule has 0 spiro atoms. The van der Waals surface area contributed by atoms with E-state index in [1.807, 2.05) is 31.2 Å². The SMILES string of the molecule is CC(O)C1CCCN(c2c(C#N)cnc3ccccc23)C1. The number of piperidine rings is 1. The number of hydrogen-bond donors (Lipinski definition) is 1. The molecule has 1 aliphatic heterocycles. The maximum absolute atomic E-state index is 9.88. The Morgan fingerprint density at radius 2 is 2.24 bits per heavy atom. The van der Waals surface area contributed by atoms with Crippen LogP contribution in [-0.4, -0.2) is 29.3 Å². The molecule has 2 atom stereocenters. The first-order valence-corrected chi connectivity index (χ1v) is 7.41. The van der Waals surface area contributed by atoms with E-state index in [9.17, 15) is 10.4 Å². The average Bonchev–Trinajstić information content (AvgIpc) is 2.53. The monoisotopic (exact) mass is 281 g/mol. The van der Waals surface area contributed by atoms with E-state index in [1.54, 1.807) is 6.20 Å². The molecule has 0 aliphatic carbocycles. The minimum absolute atomic E-state index is 0.261. The third-order valence-electron chi connectivity index (χ3n) is 4.32. The molecule has 4 heteroatoms. The van der Waals surface area contributed by atoms with Gasteiger partial charge in [0.05, 0.1) is 22.9 Å². The van der Waals surface area contributed by atoms with E-state index in [0.29, 0.717) is 5.56 Å². The van der Waals surface area contributed by atoms with Gasteiger partial charge in [-0.05, 0) is 25.8 Å². The molecule has 21 heavy (non-hydrogen) atoms. The van der Waals surface area contributed by atoms with Crippen molar-refractivity contribution in [2.75, 3.05) is 18.0 Å². The number of hydrogen-bond acceptors (Lipinski definition) is 4. The lowest BCUT2D eigenvalue weighted by atomic mass is 9.92. The van der Waals surface area contributed by atoms with E-state index < -0.39 is 0 Å². The van der Waals surface area contributed by atoms with Crippen LogP contribution in [0.3, 0.4) is 0 Å². The van der Waals surface area contributed by atoms with Crippen molar-refractivity contribution in [3.63, 3.8) is 0 Å². The van der Waals surface area contributed by atoms with Gasteiger partial charge in [-0.1, -0.05) is 18.2 Å². The number of rotatable bonds is 2. The molecule has 0 radical (unpaired) electrons. The van der Waals surface area contributed by atoms with E-state index in [-0.39, 0.29) is 12.0 Å². The Bertz CT molecular complexity index is 690. The van der Waals surface area contributed by atoms with E-state index in [0.717, 1.165) is 42.5 Å². The molecular formula is C17H19N3O. The number of aliphatic hydroxyl groups excluding tert-OH is 1. The van der Waals surface area contributed by atoms with Gasteiger partial charge < -0.3 is 10.0 Å². The third kappa shape index (κ3) is 2.57. The lowest BCUT2D eigenvalue weighted by Gasteiger charge is -2.36. The van der Waals surface area contributed by atoms with Gasteiger partial charge in [0.25, 0.3) is 0 Å². The lowest BCUT2D eigenvalue weighted by molar-refractivity contribution is 0.115. The summed E-state index contributed by atoms with van der Waals surface area (Å²) in [7, 11) is 0. The molecule has 3 rings (SSSR count). The fourth-order valence-electron chi connectivity index (χ4n) is 3.16. The van der Waals surface area contributed by atoms with Crippen molar-refractivity contribution in [2.45, 2.75) is 25.9 Å². The van der Waals surface area contributed by atoms with Crippen molar-refractivity contribution in [3.05, 3.63) is 36.0 Å². The summed E-state index contributed by atoms with van der Waals surface area (Å²) < 4.78 is 0. The summed E-state index contributed by atoms with van der Waals surface area (Å²) in [5, 5.41) is 20.3. The molecule has 1 aliphatic rings. The lowest BCUT2D eigenvalue weighted by Crippen LogP contribution is -2.40. The normalized spacial score (nSPS) is 20.2. The Kier molecular flexibility index (Phi) is 3.76. The number of nitrogens with zero attached hydrogens (tertiary/aromatic N) is 3. The predicted molar refractivity (Wildman–Crippen MR) is 83.1 cm³/mol. The summed E-state index contributed by atoms with van der Waals surface area (Å²) in [5.74, 6) is 0.261. The molecule has 0 bridgehead atoms. The molecule has 2 unspecified atom stereocenters. The Hall–Kier alpha value is -2.12. The standard InChI is InChI=1S/C17H19N3O/c1-12(21)13-5-4-8-20(11-13)17-14(9-18)10-19-16-7-3-2-6-15(16)17/h2-3,6-7,10,12-13,21H,4-5,8,11H2,1H3. The summed E-state index contributed by atoms with van der Waals surface area (Å²) in [4.78, 5) is 6.60. The van der Waals surface area contributed by atoms with Crippen LogP contribution in [0.2, 0.25) is 0 Å². The van der Waals surface area contributed by atoms with Crippen LogP contribution in [0.25, 0.3) is 10.9 Å². The number of nitriles is 1. The zero-order valence-corrected chi connectivity index (χ0v) is 12.2. The highest BCUT2D eigenvalue weighted by atomic mass is 16.3. The first-order chi connectivity index (χ1) is 10.2. The van der Waals surface area contributed by atoms with Crippen LogP contribution in [0.15, 0.2) is 30.5 Å². The van der Waals surface area contributed by atoms with E-state index in [1.165, 1.54) is 0 Å². The molecule has 1 saturated heterocycles. The molecule has 0 saturated carbocycles. The maximum Gasteiger partial charge on any atom is 0.103 e. The quantitative estimate of drug-likeness (QED) is 0.919. The first-order valence-electron chi connectivity index (χ1n) is 7.41. The highest BCUT2D eigenvalue weighted by Gasteiger charge is 2.26. The summed E-state index contributed by atoms with van der Waals surface area (Å²) in [5.41, 5.74) is 2.49. The van der Waals surface area contributed by atoms with E-state index >= 15 is 0 Å². The van der Waals surface area contributed by atoms with Crippen molar-refractivity contribution < 1.29 is 5.11 Å². The number of aliphatic hydroxyl groups is 1. The van der Waals surface area contributed by atoms with Crippen molar-refractivity contribution in [1.82, 2.24) is 4.98 Å². The van der Waals surface area contributed by atoms with Gasteiger partial charge in [-0.3, -0.25) is 4.98 Å². The van der Waals surface area contributed by atoms with Crippen LogP contribution in [0.1, 0.15) is 25.3 Å². The number of fused-ring (bicyclic) bond motifs is 1. The van der Waals surface area contributed by atoms with Crippen LogP contribution in [0, 0.1) is 17.2 Å². The number of para-hydroxylation sites is 1. The maximum atomic E-state index is 9.88. The summed E-state index contributed by atoms with van der Waals surface area (Å²) in [6.07, 6.45) is 3.42. The van der Waals surface area contributed by atoms with Crippen LogP contribution >= 0.6 is 0 Å². The minimum Gasteiger partial charge on any atom is -0.393 e. The van der Waals surface area contributed by atoms with Gasteiger partial charge in [-0.15, -0.1) is 0 Å². The van der Waals surface area contributed by atoms with Crippen molar-refractivity contribution in [1.29, 1.82) is 5.26 Å². The van der Waals surface area contributed by atoms with Gasteiger partial charge in [0.2, 0.25) is 0 Å². The number of pyridine rings is 1. The fraction of sp³-hybridized carbons (Fsp3) is 0.412.